The van der Waals surface area contributed by atoms with Crippen LogP contribution in [0.4, 0.5) is 0 Å². The molecule has 0 amide bonds. The van der Waals surface area contributed by atoms with Crippen LogP contribution in [0.1, 0.15) is 38.7 Å². The van der Waals surface area contributed by atoms with Gasteiger partial charge >= 0.3 is 0 Å². The van der Waals surface area contributed by atoms with Crippen LogP contribution in [0.25, 0.3) is 0 Å². The molecule has 4 heteroatoms. The Morgan fingerprint density at radius 1 is 1.19 bits per heavy atom. The molecule has 0 unspecified atom stereocenters. The van der Waals surface area contributed by atoms with Gasteiger partial charge in [-0.2, -0.15) is 4.31 Å². The van der Waals surface area contributed by atoms with Crippen molar-refractivity contribution in [3.8, 4) is 0 Å². The number of rotatable bonds is 4. The first-order chi connectivity index (χ1) is 9.89. The monoisotopic (exact) mass is 307 g/mol. The molecule has 1 aliphatic rings. The van der Waals surface area contributed by atoms with E-state index in [1.54, 1.807) is 16.4 Å². The molecule has 0 aliphatic carbocycles. The predicted octanol–water partition coefficient (Wildman–Crippen LogP) is 3.75. The van der Waals surface area contributed by atoms with Crippen LogP contribution in [-0.2, 0) is 10.0 Å². The standard InChI is InChI=1S/C17H25NO2S/c1-14(2)4-7-16-10-12-18(13-11-16)21(19,20)17-8-5-15(3)6-9-17/h4-6,8-9,16H,7,10-13H2,1-3H3. The minimum absolute atomic E-state index is 0.413. The maximum atomic E-state index is 12.6. The molecule has 1 aliphatic heterocycles. The second-order valence-electron chi connectivity index (χ2n) is 6.18. The minimum Gasteiger partial charge on any atom is -0.207 e. The molecule has 2 rings (SSSR count). The predicted molar refractivity (Wildman–Crippen MR) is 86.7 cm³/mol. The molecule has 0 saturated carbocycles. The summed E-state index contributed by atoms with van der Waals surface area (Å²) in [6.45, 7) is 7.45. The highest BCUT2D eigenvalue weighted by Gasteiger charge is 2.28. The molecule has 1 fully saturated rings. The summed E-state index contributed by atoms with van der Waals surface area (Å²) < 4.78 is 26.8. The van der Waals surface area contributed by atoms with Crippen LogP contribution in [0.3, 0.4) is 0 Å². The molecule has 3 nitrogen and oxygen atoms in total. The maximum absolute atomic E-state index is 12.6. The van der Waals surface area contributed by atoms with E-state index in [-0.39, 0.29) is 0 Å². The topological polar surface area (TPSA) is 37.4 Å². The van der Waals surface area contributed by atoms with E-state index in [2.05, 4.69) is 19.9 Å². The normalized spacial score (nSPS) is 17.7. The Hall–Kier alpha value is -1.13. The van der Waals surface area contributed by atoms with Crippen molar-refractivity contribution in [3.05, 3.63) is 41.5 Å². The molecule has 0 radical (unpaired) electrons. The number of allylic oxidation sites excluding steroid dienone is 2. The summed E-state index contributed by atoms with van der Waals surface area (Å²) in [5, 5.41) is 0. The van der Waals surface area contributed by atoms with Crippen molar-refractivity contribution in [2.45, 2.75) is 44.9 Å². The van der Waals surface area contributed by atoms with Crippen LogP contribution in [-0.4, -0.2) is 25.8 Å². The molecule has 116 valence electrons. The molecule has 0 N–H and O–H groups in total. The lowest BCUT2D eigenvalue weighted by molar-refractivity contribution is 0.275. The van der Waals surface area contributed by atoms with E-state index in [0.29, 0.717) is 23.9 Å². The van der Waals surface area contributed by atoms with Crippen molar-refractivity contribution in [2.75, 3.05) is 13.1 Å². The van der Waals surface area contributed by atoms with E-state index in [1.165, 1.54) is 5.57 Å². The Morgan fingerprint density at radius 3 is 2.29 bits per heavy atom. The van der Waals surface area contributed by atoms with Gasteiger partial charge < -0.3 is 0 Å². The zero-order chi connectivity index (χ0) is 15.5. The van der Waals surface area contributed by atoms with Gasteiger partial charge in [0.15, 0.2) is 0 Å². The van der Waals surface area contributed by atoms with E-state index in [1.807, 2.05) is 19.1 Å². The SMILES string of the molecule is CC(C)=CCC1CCN(S(=O)(=O)c2ccc(C)cc2)CC1. The summed E-state index contributed by atoms with van der Waals surface area (Å²) >= 11 is 0. The first kappa shape index (κ1) is 16.2. The van der Waals surface area contributed by atoms with Crippen molar-refractivity contribution in [1.82, 2.24) is 4.31 Å². The first-order valence-corrected chi connectivity index (χ1v) is 9.04. The fourth-order valence-electron chi connectivity index (χ4n) is 2.65. The van der Waals surface area contributed by atoms with Crippen LogP contribution in [0, 0.1) is 12.8 Å². The van der Waals surface area contributed by atoms with Crippen molar-refractivity contribution >= 4 is 10.0 Å². The van der Waals surface area contributed by atoms with E-state index in [0.717, 1.165) is 24.8 Å². The van der Waals surface area contributed by atoms with Gasteiger partial charge in [-0.15, -0.1) is 0 Å². The molecule has 1 saturated heterocycles. The van der Waals surface area contributed by atoms with Crippen molar-refractivity contribution in [1.29, 1.82) is 0 Å². The Bertz CT molecular complexity index is 590. The fourth-order valence-corrected chi connectivity index (χ4v) is 4.12. The lowest BCUT2D eigenvalue weighted by Crippen LogP contribution is -2.38. The first-order valence-electron chi connectivity index (χ1n) is 7.60. The van der Waals surface area contributed by atoms with Gasteiger partial charge in [0.05, 0.1) is 4.90 Å². The lowest BCUT2D eigenvalue weighted by atomic mass is 9.94. The van der Waals surface area contributed by atoms with Gasteiger partial charge in [0, 0.05) is 13.1 Å². The average molecular weight is 307 g/mol. The van der Waals surface area contributed by atoms with Gasteiger partial charge in [0.2, 0.25) is 10.0 Å². The summed E-state index contributed by atoms with van der Waals surface area (Å²) in [5.41, 5.74) is 2.42. The molecular weight excluding hydrogens is 282 g/mol. The Kier molecular flexibility index (Phi) is 5.22. The summed E-state index contributed by atoms with van der Waals surface area (Å²) in [7, 11) is -3.32. The highest BCUT2D eigenvalue weighted by Crippen LogP contribution is 2.26. The molecule has 21 heavy (non-hydrogen) atoms. The molecular formula is C17H25NO2S. The van der Waals surface area contributed by atoms with Gasteiger partial charge in [-0.25, -0.2) is 8.42 Å². The Balaban J connectivity index is 2.01. The van der Waals surface area contributed by atoms with Crippen molar-refractivity contribution in [2.24, 2.45) is 5.92 Å². The smallest absolute Gasteiger partial charge is 0.207 e. The van der Waals surface area contributed by atoms with E-state index >= 15 is 0 Å². The number of sulfonamides is 1. The van der Waals surface area contributed by atoms with Crippen LogP contribution >= 0.6 is 0 Å². The largest absolute Gasteiger partial charge is 0.243 e. The van der Waals surface area contributed by atoms with E-state index in [9.17, 15) is 8.42 Å². The quantitative estimate of drug-likeness (QED) is 0.794. The molecule has 0 aromatic heterocycles. The van der Waals surface area contributed by atoms with Crippen LogP contribution < -0.4 is 0 Å². The number of aryl methyl sites for hydroxylation is 1. The number of benzene rings is 1. The number of hydrogen-bond acceptors (Lipinski definition) is 2. The highest BCUT2D eigenvalue weighted by atomic mass is 32.2. The third-order valence-electron chi connectivity index (χ3n) is 4.09. The van der Waals surface area contributed by atoms with Gasteiger partial charge in [0.1, 0.15) is 0 Å². The fraction of sp³-hybridized carbons (Fsp3) is 0.529. The minimum atomic E-state index is -3.32. The second kappa shape index (κ2) is 6.75. The summed E-state index contributed by atoms with van der Waals surface area (Å²) in [4.78, 5) is 0.413. The second-order valence-corrected chi connectivity index (χ2v) is 8.12. The van der Waals surface area contributed by atoms with Crippen molar-refractivity contribution < 1.29 is 8.42 Å². The Labute approximate surface area is 128 Å². The van der Waals surface area contributed by atoms with E-state index < -0.39 is 10.0 Å². The summed E-state index contributed by atoms with van der Waals surface area (Å²) in [5.74, 6) is 0.615. The van der Waals surface area contributed by atoms with E-state index in [4.69, 9.17) is 0 Å². The van der Waals surface area contributed by atoms with Crippen molar-refractivity contribution in [3.63, 3.8) is 0 Å². The van der Waals surface area contributed by atoms with Gasteiger partial charge in [-0.3, -0.25) is 0 Å². The van der Waals surface area contributed by atoms with Gasteiger partial charge in [0.25, 0.3) is 0 Å². The molecule has 0 spiro atoms. The number of nitrogens with zero attached hydrogens (tertiary/aromatic N) is 1. The molecule has 1 aromatic rings. The number of piperidine rings is 1. The number of hydrogen-bond donors (Lipinski definition) is 0. The molecule has 1 heterocycles. The third-order valence-corrected chi connectivity index (χ3v) is 6.00. The zero-order valence-corrected chi connectivity index (χ0v) is 14.0. The lowest BCUT2D eigenvalue weighted by Gasteiger charge is -2.30. The Morgan fingerprint density at radius 2 is 1.76 bits per heavy atom. The van der Waals surface area contributed by atoms with Crippen LogP contribution in [0.15, 0.2) is 40.8 Å². The van der Waals surface area contributed by atoms with Gasteiger partial charge in [-0.1, -0.05) is 29.3 Å². The molecule has 0 bridgehead atoms. The van der Waals surface area contributed by atoms with Crippen LogP contribution in [0.2, 0.25) is 0 Å². The third kappa shape index (κ3) is 4.17. The highest BCUT2D eigenvalue weighted by molar-refractivity contribution is 7.89. The summed E-state index contributed by atoms with van der Waals surface area (Å²) in [6, 6.07) is 7.13. The zero-order valence-electron chi connectivity index (χ0n) is 13.2. The van der Waals surface area contributed by atoms with Crippen LogP contribution in [0.5, 0.6) is 0 Å². The maximum Gasteiger partial charge on any atom is 0.243 e. The summed E-state index contributed by atoms with van der Waals surface area (Å²) in [6.07, 6.45) is 5.24. The molecule has 1 aromatic carbocycles. The average Bonchev–Trinajstić information content (AvgIpc) is 2.46. The molecule has 0 atom stereocenters. The van der Waals surface area contributed by atoms with Gasteiger partial charge in [-0.05, 0) is 58.1 Å².